The van der Waals surface area contributed by atoms with Crippen molar-refractivity contribution in [3.05, 3.63) is 6.33 Å². The van der Waals surface area contributed by atoms with Crippen molar-refractivity contribution in [1.29, 1.82) is 0 Å². The number of anilines is 2. The van der Waals surface area contributed by atoms with Gasteiger partial charge in [-0.2, -0.15) is 4.98 Å². The second-order valence-corrected chi connectivity index (χ2v) is 5.57. The molecule has 0 aliphatic heterocycles. The zero-order valence-electron chi connectivity index (χ0n) is 12.6. The van der Waals surface area contributed by atoms with Crippen molar-refractivity contribution < 1.29 is 4.74 Å². The van der Waals surface area contributed by atoms with Gasteiger partial charge in [-0.3, -0.25) is 0 Å². The molecule has 0 saturated heterocycles. The summed E-state index contributed by atoms with van der Waals surface area (Å²) in [5.41, 5.74) is 6.75. The third-order valence-electron chi connectivity index (χ3n) is 3.87. The molecule has 0 unspecified atom stereocenters. The van der Waals surface area contributed by atoms with E-state index in [1.165, 1.54) is 19.3 Å². The molecule has 0 aromatic carbocycles. The maximum atomic E-state index is 6.18. The fourth-order valence-corrected chi connectivity index (χ4v) is 2.61. The van der Waals surface area contributed by atoms with E-state index in [1.54, 1.807) is 6.33 Å². The minimum absolute atomic E-state index is 0.259. The lowest BCUT2D eigenvalue weighted by atomic mass is 9.98. The van der Waals surface area contributed by atoms with E-state index in [-0.39, 0.29) is 6.10 Å². The summed E-state index contributed by atoms with van der Waals surface area (Å²) in [5, 5.41) is 0. The van der Waals surface area contributed by atoms with E-state index in [1.807, 2.05) is 7.05 Å². The van der Waals surface area contributed by atoms with Crippen LogP contribution in [0.3, 0.4) is 0 Å². The summed E-state index contributed by atoms with van der Waals surface area (Å²) in [5.74, 6) is 1.32. The highest BCUT2D eigenvalue weighted by molar-refractivity contribution is 5.67. The van der Waals surface area contributed by atoms with E-state index in [2.05, 4.69) is 21.8 Å². The molecule has 112 valence electrons. The van der Waals surface area contributed by atoms with Crippen LogP contribution < -0.4 is 15.4 Å². The standard InChI is InChI=1S/C15H26N4O/c1-3-4-10-19(2)14-13(16)15(18-11-17-14)20-12-8-6-5-7-9-12/h11-12H,3-10,16H2,1-2H3. The number of aromatic nitrogens is 2. The minimum atomic E-state index is 0.259. The van der Waals surface area contributed by atoms with Crippen molar-refractivity contribution in [2.24, 2.45) is 0 Å². The zero-order valence-corrected chi connectivity index (χ0v) is 12.6. The van der Waals surface area contributed by atoms with Gasteiger partial charge in [-0.25, -0.2) is 4.98 Å². The molecule has 2 rings (SSSR count). The topological polar surface area (TPSA) is 64.3 Å². The first-order valence-corrected chi connectivity index (χ1v) is 7.70. The van der Waals surface area contributed by atoms with Gasteiger partial charge in [0.1, 0.15) is 18.1 Å². The lowest BCUT2D eigenvalue weighted by molar-refractivity contribution is 0.149. The molecule has 1 aliphatic rings. The Morgan fingerprint density at radius 2 is 2.05 bits per heavy atom. The first-order valence-electron chi connectivity index (χ1n) is 7.70. The van der Waals surface area contributed by atoms with Crippen molar-refractivity contribution >= 4 is 11.5 Å². The van der Waals surface area contributed by atoms with Gasteiger partial charge in [-0.15, -0.1) is 0 Å². The van der Waals surface area contributed by atoms with Crippen LogP contribution in [0, 0.1) is 0 Å². The molecule has 1 aromatic heterocycles. The van der Waals surface area contributed by atoms with E-state index < -0.39 is 0 Å². The van der Waals surface area contributed by atoms with Crippen LogP contribution in [0.25, 0.3) is 0 Å². The Bertz CT molecular complexity index is 418. The number of hydrogen-bond donors (Lipinski definition) is 1. The first kappa shape index (κ1) is 14.9. The fourth-order valence-electron chi connectivity index (χ4n) is 2.61. The summed E-state index contributed by atoms with van der Waals surface area (Å²) in [7, 11) is 2.01. The average Bonchev–Trinajstić information content (AvgIpc) is 2.48. The smallest absolute Gasteiger partial charge is 0.242 e. The third-order valence-corrected chi connectivity index (χ3v) is 3.87. The molecule has 0 bridgehead atoms. The number of rotatable bonds is 6. The maximum absolute atomic E-state index is 6.18. The molecule has 1 fully saturated rings. The van der Waals surface area contributed by atoms with Crippen LogP contribution >= 0.6 is 0 Å². The number of unbranched alkanes of at least 4 members (excludes halogenated alkanes) is 1. The van der Waals surface area contributed by atoms with Crippen LogP contribution in [0.15, 0.2) is 6.33 Å². The van der Waals surface area contributed by atoms with Crippen LogP contribution in [-0.4, -0.2) is 29.7 Å². The molecule has 5 nitrogen and oxygen atoms in total. The van der Waals surface area contributed by atoms with E-state index in [0.717, 1.165) is 38.0 Å². The van der Waals surface area contributed by atoms with Gasteiger partial charge < -0.3 is 15.4 Å². The Kier molecular flexibility index (Phi) is 5.44. The molecule has 0 spiro atoms. The summed E-state index contributed by atoms with van der Waals surface area (Å²) in [6.45, 7) is 3.12. The number of hydrogen-bond acceptors (Lipinski definition) is 5. The Morgan fingerprint density at radius 1 is 1.30 bits per heavy atom. The average molecular weight is 278 g/mol. The Balaban J connectivity index is 2.05. The van der Waals surface area contributed by atoms with Gasteiger partial charge >= 0.3 is 0 Å². The van der Waals surface area contributed by atoms with Crippen molar-refractivity contribution in [1.82, 2.24) is 9.97 Å². The van der Waals surface area contributed by atoms with Crippen molar-refractivity contribution in [3.8, 4) is 5.88 Å². The van der Waals surface area contributed by atoms with Crippen LogP contribution in [0.1, 0.15) is 51.9 Å². The van der Waals surface area contributed by atoms with Gasteiger partial charge in [0.25, 0.3) is 0 Å². The molecular formula is C15H26N4O. The second kappa shape index (κ2) is 7.31. The number of nitrogens with two attached hydrogens (primary N) is 1. The molecule has 1 heterocycles. The van der Waals surface area contributed by atoms with E-state index in [4.69, 9.17) is 10.5 Å². The highest BCUT2D eigenvalue weighted by Crippen LogP contribution is 2.30. The highest BCUT2D eigenvalue weighted by Gasteiger charge is 2.19. The van der Waals surface area contributed by atoms with Crippen molar-refractivity contribution in [3.63, 3.8) is 0 Å². The molecule has 1 saturated carbocycles. The quantitative estimate of drug-likeness (QED) is 0.866. The summed E-state index contributed by atoms with van der Waals surface area (Å²) < 4.78 is 5.98. The predicted octanol–water partition coefficient (Wildman–Crippen LogP) is 3.01. The molecule has 0 amide bonds. The normalized spacial score (nSPS) is 16.1. The van der Waals surface area contributed by atoms with Crippen LogP contribution in [0.2, 0.25) is 0 Å². The van der Waals surface area contributed by atoms with Gasteiger partial charge in [0, 0.05) is 13.6 Å². The van der Waals surface area contributed by atoms with Gasteiger partial charge in [0.15, 0.2) is 5.82 Å². The fraction of sp³-hybridized carbons (Fsp3) is 0.733. The van der Waals surface area contributed by atoms with Gasteiger partial charge in [-0.1, -0.05) is 19.8 Å². The second-order valence-electron chi connectivity index (χ2n) is 5.57. The summed E-state index contributed by atoms with van der Waals surface area (Å²) in [4.78, 5) is 10.6. The van der Waals surface area contributed by atoms with Crippen LogP contribution in [0.5, 0.6) is 5.88 Å². The largest absolute Gasteiger partial charge is 0.473 e. The third kappa shape index (κ3) is 3.74. The monoisotopic (exact) mass is 278 g/mol. The summed E-state index contributed by atoms with van der Waals surface area (Å²) in [6.07, 6.45) is 10.1. The predicted molar refractivity (Wildman–Crippen MR) is 82.1 cm³/mol. The minimum Gasteiger partial charge on any atom is -0.473 e. The lowest BCUT2D eigenvalue weighted by Crippen LogP contribution is -2.24. The number of ether oxygens (including phenoxy) is 1. The SMILES string of the molecule is CCCCN(C)c1ncnc(OC2CCCCC2)c1N. The molecule has 0 radical (unpaired) electrons. The molecule has 20 heavy (non-hydrogen) atoms. The van der Waals surface area contributed by atoms with Crippen LogP contribution in [-0.2, 0) is 0 Å². The van der Waals surface area contributed by atoms with Gasteiger partial charge in [-0.05, 0) is 32.1 Å². The lowest BCUT2D eigenvalue weighted by Gasteiger charge is -2.24. The Hall–Kier alpha value is -1.52. The molecule has 1 aliphatic carbocycles. The summed E-state index contributed by atoms with van der Waals surface area (Å²) in [6, 6.07) is 0. The molecule has 1 aromatic rings. The van der Waals surface area contributed by atoms with E-state index in [9.17, 15) is 0 Å². The van der Waals surface area contributed by atoms with E-state index in [0.29, 0.717) is 11.6 Å². The van der Waals surface area contributed by atoms with Crippen LogP contribution in [0.4, 0.5) is 11.5 Å². The maximum Gasteiger partial charge on any atom is 0.242 e. The molecule has 2 N–H and O–H groups in total. The molecule has 5 heteroatoms. The zero-order chi connectivity index (χ0) is 14.4. The number of nitrogen functional groups attached to an aromatic ring is 1. The molecule has 0 atom stereocenters. The van der Waals surface area contributed by atoms with Crippen molar-refractivity contribution in [2.75, 3.05) is 24.2 Å². The van der Waals surface area contributed by atoms with E-state index >= 15 is 0 Å². The first-order chi connectivity index (χ1) is 9.72. The molecular weight excluding hydrogens is 252 g/mol. The Morgan fingerprint density at radius 3 is 2.75 bits per heavy atom. The van der Waals surface area contributed by atoms with Gasteiger partial charge in [0.05, 0.1) is 0 Å². The van der Waals surface area contributed by atoms with Crippen molar-refractivity contribution in [2.45, 2.75) is 58.0 Å². The number of nitrogens with zero attached hydrogens (tertiary/aromatic N) is 3. The summed E-state index contributed by atoms with van der Waals surface area (Å²) >= 11 is 0. The highest BCUT2D eigenvalue weighted by atomic mass is 16.5. The Labute approximate surface area is 121 Å². The van der Waals surface area contributed by atoms with Gasteiger partial charge in [0.2, 0.25) is 5.88 Å².